The maximum Gasteiger partial charge on any atom is 0.129 e. The van der Waals surface area contributed by atoms with E-state index in [-0.39, 0.29) is 17.2 Å². The van der Waals surface area contributed by atoms with E-state index in [0.29, 0.717) is 11.1 Å². The maximum absolute atomic E-state index is 10.5. The van der Waals surface area contributed by atoms with E-state index in [1.54, 1.807) is 24.3 Å². The lowest BCUT2D eigenvalue weighted by Gasteiger charge is -2.41. The van der Waals surface area contributed by atoms with Crippen LogP contribution in [0.1, 0.15) is 22.8 Å². The Morgan fingerprint density at radius 1 is 0.931 bits per heavy atom. The predicted molar refractivity (Wildman–Crippen MR) is 104 cm³/mol. The number of hydrogen-bond acceptors (Lipinski definition) is 8. The van der Waals surface area contributed by atoms with Gasteiger partial charge in [-0.3, -0.25) is 0 Å². The summed E-state index contributed by atoms with van der Waals surface area (Å²) in [4.78, 5) is 0. The Labute approximate surface area is 167 Å². The highest BCUT2D eigenvalue weighted by Crippen LogP contribution is 2.41. The first kappa shape index (κ1) is 21.1. The molecule has 29 heavy (non-hydrogen) atoms. The van der Waals surface area contributed by atoms with E-state index in [1.165, 1.54) is 31.4 Å². The molecule has 1 aliphatic rings. The molecular formula is C21H24O8. The van der Waals surface area contributed by atoms with E-state index in [4.69, 9.17) is 9.47 Å². The second-order valence-electron chi connectivity index (χ2n) is 6.83. The van der Waals surface area contributed by atoms with E-state index in [9.17, 15) is 30.6 Å². The van der Waals surface area contributed by atoms with Gasteiger partial charge < -0.3 is 40.1 Å². The van der Waals surface area contributed by atoms with Crippen LogP contribution in [0.2, 0.25) is 0 Å². The topological polar surface area (TPSA) is 140 Å². The Bertz CT molecular complexity index is 862. The van der Waals surface area contributed by atoms with Crippen molar-refractivity contribution in [2.24, 2.45) is 0 Å². The van der Waals surface area contributed by atoms with Gasteiger partial charge in [0.05, 0.1) is 13.7 Å². The van der Waals surface area contributed by atoms with Crippen LogP contribution in [0, 0.1) is 0 Å². The van der Waals surface area contributed by atoms with Crippen LogP contribution >= 0.6 is 0 Å². The number of aliphatic hydroxyl groups excluding tert-OH is 4. The molecule has 0 radical (unpaired) electrons. The predicted octanol–water partition coefficient (Wildman–Crippen LogP) is 0.792. The quantitative estimate of drug-likeness (QED) is 0.402. The van der Waals surface area contributed by atoms with Gasteiger partial charge in [-0.2, -0.15) is 0 Å². The molecule has 2 aromatic rings. The lowest BCUT2D eigenvalue weighted by molar-refractivity contribution is -0.232. The van der Waals surface area contributed by atoms with Crippen molar-refractivity contribution in [1.29, 1.82) is 0 Å². The molecule has 0 aliphatic carbocycles. The number of benzene rings is 2. The number of rotatable bonds is 5. The van der Waals surface area contributed by atoms with Gasteiger partial charge in [0, 0.05) is 11.6 Å². The van der Waals surface area contributed by atoms with Crippen LogP contribution in [-0.4, -0.2) is 68.8 Å². The van der Waals surface area contributed by atoms with Gasteiger partial charge in [0.15, 0.2) is 0 Å². The standard InChI is InChI=1S/C21H24O8/c1-28-15-9-14(24)8-12(5-2-11-3-6-13(23)7-4-11)17(15)21-20(27)19(26)18(25)16(10-22)29-21/h2-9,16,18-27H,10H2,1H3/b5-2+/t16-,18-,19+,20-,21+/m1/s1. The average molecular weight is 404 g/mol. The highest BCUT2D eigenvalue weighted by Gasteiger charge is 2.45. The van der Waals surface area contributed by atoms with Crippen LogP contribution in [0.4, 0.5) is 0 Å². The summed E-state index contributed by atoms with van der Waals surface area (Å²) in [6.45, 7) is -0.555. The summed E-state index contributed by atoms with van der Waals surface area (Å²) in [5.74, 6) is 0.253. The zero-order valence-electron chi connectivity index (χ0n) is 15.7. The van der Waals surface area contributed by atoms with Gasteiger partial charge in [0.1, 0.15) is 47.8 Å². The van der Waals surface area contributed by atoms with Gasteiger partial charge >= 0.3 is 0 Å². The number of aliphatic hydroxyl groups is 4. The van der Waals surface area contributed by atoms with Crippen molar-refractivity contribution >= 4 is 12.2 Å². The Balaban J connectivity index is 2.06. The molecule has 0 saturated carbocycles. The highest BCUT2D eigenvalue weighted by atomic mass is 16.5. The summed E-state index contributed by atoms with van der Waals surface area (Å²) < 4.78 is 11.0. The lowest BCUT2D eigenvalue weighted by atomic mass is 9.88. The monoisotopic (exact) mass is 404 g/mol. The first-order chi connectivity index (χ1) is 13.8. The molecule has 2 aromatic carbocycles. The van der Waals surface area contributed by atoms with Crippen LogP contribution in [0.5, 0.6) is 17.2 Å². The summed E-state index contributed by atoms with van der Waals surface area (Å²) in [5.41, 5.74) is 1.56. The largest absolute Gasteiger partial charge is 0.508 e. The van der Waals surface area contributed by atoms with Crippen molar-refractivity contribution in [2.75, 3.05) is 13.7 Å². The molecule has 0 unspecified atom stereocenters. The van der Waals surface area contributed by atoms with Crippen molar-refractivity contribution in [1.82, 2.24) is 0 Å². The average Bonchev–Trinajstić information content (AvgIpc) is 2.72. The fourth-order valence-electron chi connectivity index (χ4n) is 3.36. The van der Waals surface area contributed by atoms with Crippen molar-refractivity contribution in [3.8, 4) is 17.2 Å². The normalized spacial score (nSPS) is 27.3. The van der Waals surface area contributed by atoms with E-state index in [0.717, 1.165) is 5.56 Å². The van der Waals surface area contributed by atoms with E-state index >= 15 is 0 Å². The van der Waals surface area contributed by atoms with Crippen LogP contribution < -0.4 is 4.74 Å². The Hall–Kier alpha value is -2.62. The molecule has 1 saturated heterocycles. The van der Waals surface area contributed by atoms with E-state index in [1.807, 2.05) is 0 Å². The summed E-state index contributed by atoms with van der Waals surface area (Å²) in [7, 11) is 1.38. The lowest BCUT2D eigenvalue weighted by Crippen LogP contribution is -2.55. The molecule has 0 spiro atoms. The van der Waals surface area contributed by atoms with Gasteiger partial charge in [-0.15, -0.1) is 0 Å². The van der Waals surface area contributed by atoms with Gasteiger partial charge in [0.25, 0.3) is 0 Å². The maximum atomic E-state index is 10.5. The van der Waals surface area contributed by atoms with Gasteiger partial charge in [0.2, 0.25) is 0 Å². The van der Waals surface area contributed by atoms with Gasteiger partial charge in [-0.25, -0.2) is 0 Å². The van der Waals surface area contributed by atoms with Crippen molar-refractivity contribution in [3.05, 3.63) is 53.1 Å². The van der Waals surface area contributed by atoms with E-state index in [2.05, 4.69) is 0 Å². The first-order valence-corrected chi connectivity index (χ1v) is 9.04. The number of phenols is 2. The molecule has 8 nitrogen and oxygen atoms in total. The molecule has 1 fully saturated rings. The van der Waals surface area contributed by atoms with Crippen molar-refractivity contribution < 1.29 is 40.1 Å². The number of aromatic hydroxyl groups is 2. The second-order valence-corrected chi connectivity index (χ2v) is 6.83. The zero-order valence-corrected chi connectivity index (χ0v) is 15.7. The van der Waals surface area contributed by atoms with Crippen LogP contribution in [0.25, 0.3) is 12.2 Å². The first-order valence-electron chi connectivity index (χ1n) is 9.04. The molecule has 1 heterocycles. The van der Waals surface area contributed by atoms with E-state index < -0.39 is 37.1 Å². The van der Waals surface area contributed by atoms with Crippen molar-refractivity contribution in [3.63, 3.8) is 0 Å². The number of methoxy groups -OCH3 is 1. The fourth-order valence-corrected chi connectivity index (χ4v) is 3.36. The SMILES string of the molecule is COc1cc(O)cc(/C=C/c2ccc(O)cc2)c1[C@@H]1O[C@H](CO)[C@@H](O)[C@H](O)[C@H]1O. The number of phenolic OH excluding ortho intramolecular Hbond substituents is 2. The van der Waals surface area contributed by atoms with Crippen LogP contribution in [-0.2, 0) is 4.74 Å². The number of ether oxygens (including phenoxy) is 2. The third-order valence-electron chi connectivity index (χ3n) is 4.90. The van der Waals surface area contributed by atoms with Crippen LogP contribution in [0.15, 0.2) is 36.4 Å². The smallest absolute Gasteiger partial charge is 0.129 e. The molecule has 0 amide bonds. The van der Waals surface area contributed by atoms with Crippen molar-refractivity contribution in [2.45, 2.75) is 30.5 Å². The molecule has 0 bridgehead atoms. The second kappa shape index (κ2) is 8.81. The summed E-state index contributed by atoms with van der Waals surface area (Å²) in [5, 5.41) is 59.6. The molecule has 156 valence electrons. The molecule has 3 rings (SSSR count). The molecule has 0 aromatic heterocycles. The minimum absolute atomic E-state index is 0.0828. The molecular weight excluding hydrogens is 380 g/mol. The highest BCUT2D eigenvalue weighted by molar-refractivity contribution is 5.74. The zero-order chi connectivity index (χ0) is 21.1. The Kier molecular flexibility index (Phi) is 6.41. The van der Waals surface area contributed by atoms with Crippen LogP contribution in [0.3, 0.4) is 0 Å². The minimum atomic E-state index is -1.54. The Morgan fingerprint density at radius 3 is 2.24 bits per heavy atom. The third-order valence-corrected chi connectivity index (χ3v) is 4.90. The third kappa shape index (κ3) is 4.36. The fraction of sp³-hybridized carbons (Fsp3) is 0.333. The molecule has 1 aliphatic heterocycles. The Morgan fingerprint density at radius 2 is 1.62 bits per heavy atom. The number of hydrogen-bond donors (Lipinski definition) is 6. The van der Waals surface area contributed by atoms with Gasteiger partial charge in [-0.05, 0) is 29.3 Å². The summed E-state index contributed by atoms with van der Waals surface area (Å²) in [6.07, 6.45) is -3.34. The summed E-state index contributed by atoms with van der Waals surface area (Å²) >= 11 is 0. The minimum Gasteiger partial charge on any atom is -0.508 e. The molecule has 6 N–H and O–H groups in total. The summed E-state index contributed by atoms with van der Waals surface area (Å²) in [6, 6.07) is 9.23. The van der Waals surface area contributed by atoms with Gasteiger partial charge in [-0.1, -0.05) is 24.3 Å². The molecule has 5 atom stereocenters. The molecule has 8 heteroatoms.